The van der Waals surface area contributed by atoms with Crippen LogP contribution >= 0.6 is 0 Å². The molecule has 3 rings (SSSR count). The Morgan fingerprint density at radius 3 is 2.30 bits per heavy atom. The Balaban J connectivity index is 1.79. The van der Waals surface area contributed by atoms with Gasteiger partial charge < -0.3 is 10.6 Å². The lowest BCUT2D eigenvalue weighted by Gasteiger charge is -2.21. The lowest BCUT2D eigenvalue weighted by atomic mass is 9.91. The Bertz CT molecular complexity index is 941. The van der Waals surface area contributed by atoms with E-state index in [1.807, 2.05) is 34.6 Å². The van der Waals surface area contributed by atoms with E-state index in [2.05, 4.69) is 16.7 Å². The predicted molar refractivity (Wildman–Crippen MR) is 115 cm³/mol. The molecular formula is C24H29F3N2O. The molecule has 0 heterocycles. The number of rotatable bonds is 4. The van der Waals surface area contributed by atoms with Gasteiger partial charge in [-0.3, -0.25) is 4.79 Å². The van der Waals surface area contributed by atoms with Gasteiger partial charge in [0.1, 0.15) is 0 Å². The highest BCUT2D eigenvalue weighted by atomic mass is 19.4. The van der Waals surface area contributed by atoms with Gasteiger partial charge in [-0.05, 0) is 78.6 Å². The number of hydrogen-bond donors (Lipinski definition) is 2. The number of amides is 1. The van der Waals surface area contributed by atoms with Gasteiger partial charge in [0.05, 0.1) is 11.6 Å². The highest BCUT2D eigenvalue weighted by molar-refractivity contribution is 5.93. The maximum absolute atomic E-state index is 12.8. The maximum Gasteiger partial charge on any atom is 0.416 e. The molecule has 0 fully saturated rings. The molecule has 6 heteroatoms. The third-order valence-electron chi connectivity index (χ3n) is 5.51. The number of halogens is 3. The SMILES string of the molecule is Cc1cc2c(c(C)c1NC(=O)CC(C)(C)C)CCC2Nc1ccc(C(F)(F)F)cc1. The Morgan fingerprint density at radius 2 is 1.73 bits per heavy atom. The quantitative estimate of drug-likeness (QED) is 0.573. The molecule has 1 aliphatic rings. The Hall–Kier alpha value is -2.50. The molecule has 0 spiro atoms. The number of alkyl halides is 3. The molecule has 0 saturated heterocycles. The van der Waals surface area contributed by atoms with Crippen molar-refractivity contribution in [2.24, 2.45) is 5.41 Å². The smallest absolute Gasteiger partial charge is 0.378 e. The Labute approximate surface area is 176 Å². The summed E-state index contributed by atoms with van der Waals surface area (Å²) in [6.45, 7) is 10.1. The molecular weight excluding hydrogens is 389 g/mol. The molecule has 0 aromatic heterocycles. The second-order valence-corrected chi connectivity index (χ2v) is 9.36. The van der Waals surface area contributed by atoms with Crippen molar-refractivity contribution >= 4 is 17.3 Å². The topological polar surface area (TPSA) is 41.1 Å². The van der Waals surface area contributed by atoms with Crippen molar-refractivity contribution < 1.29 is 18.0 Å². The Morgan fingerprint density at radius 1 is 1.10 bits per heavy atom. The van der Waals surface area contributed by atoms with Crippen molar-refractivity contribution in [3.8, 4) is 0 Å². The van der Waals surface area contributed by atoms with E-state index in [0.717, 1.165) is 47.4 Å². The van der Waals surface area contributed by atoms with Crippen LogP contribution in [0.3, 0.4) is 0 Å². The highest BCUT2D eigenvalue weighted by Gasteiger charge is 2.31. The van der Waals surface area contributed by atoms with E-state index in [1.54, 1.807) is 0 Å². The van der Waals surface area contributed by atoms with E-state index >= 15 is 0 Å². The third kappa shape index (κ3) is 4.97. The first-order valence-electron chi connectivity index (χ1n) is 10.2. The molecule has 1 atom stereocenters. The molecule has 1 unspecified atom stereocenters. The number of carbonyl (C=O) groups excluding carboxylic acids is 1. The fraction of sp³-hybridized carbons (Fsp3) is 0.458. The third-order valence-corrected chi connectivity index (χ3v) is 5.51. The summed E-state index contributed by atoms with van der Waals surface area (Å²) in [5.74, 6) is 0.00563. The summed E-state index contributed by atoms with van der Waals surface area (Å²) in [4.78, 5) is 12.4. The van der Waals surface area contributed by atoms with E-state index in [-0.39, 0.29) is 17.4 Å². The molecule has 2 aromatic rings. The minimum absolute atomic E-state index is 0.00563. The first-order valence-corrected chi connectivity index (χ1v) is 10.2. The van der Waals surface area contributed by atoms with E-state index in [9.17, 15) is 18.0 Å². The van der Waals surface area contributed by atoms with Gasteiger partial charge in [-0.2, -0.15) is 13.2 Å². The molecule has 0 aliphatic heterocycles. The maximum atomic E-state index is 12.8. The number of fused-ring (bicyclic) bond motifs is 1. The van der Waals surface area contributed by atoms with Gasteiger partial charge in [0, 0.05) is 17.8 Å². The Kier molecular flexibility index (Phi) is 5.89. The lowest BCUT2D eigenvalue weighted by Crippen LogP contribution is -2.21. The zero-order chi connectivity index (χ0) is 22.3. The summed E-state index contributed by atoms with van der Waals surface area (Å²) in [5, 5.41) is 6.45. The van der Waals surface area contributed by atoms with Crippen molar-refractivity contribution in [2.75, 3.05) is 10.6 Å². The highest BCUT2D eigenvalue weighted by Crippen LogP contribution is 2.40. The van der Waals surface area contributed by atoms with Gasteiger partial charge in [0.25, 0.3) is 0 Å². The van der Waals surface area contributed by atoms with Crippen molar-refractivity contribution in [3.05, 3.63) is 58.1 Å². The average molecular weight is 419 g/mol. The number of carbonyl (C=O) groups is 1. The summed E-state index contributed by atoms with van der Waals surface area (Å²) >= 11 is 0. The fourth-order valence-electron chi connectivity index (χ4n) is 4.11. The molecule has 2 aromatic carbocycles. The largest absolute Gasteiger partial charge is 0.416 e. The summed E-state index contributed by atoms with van der Waals surface area (Å²) in [6, 6.07) is 7.27. The molecule has 30 heavy (non-hydrogen) atoms. The monoisotopic (exact) mass is 418 g/mol. The van der Waals surface area contributed by atoms with Gasteiger partial charge in [0.15, 0.2) is 0 Å². The van der Waals surface area contributed by atoms with E-state index in [0.29, 0.717) is 12.1 Å². The van der Waals surface area contributed by atoms with Gasteiger partial charge in [-0.1, -0.05) is 26.8 Å². The van der Waals surface area contributed by atoms with Gasteiger partial charge in [-0.25, -0.2) is 0 Å². The van der Waals surface area contributed by atoms with Crippen LogP contribution in [-0.2, 0) is 17.4 Å². The standard InChI is InChI=1S/C24H29F3N2O/c1-14-12-19-18(15(2)22(14)29-21(30)13-23(3,4)5)10-11-20(19)28-17-8-6-16(7-9-17)24(25,26)27/h6-9,12,20,28H,10-11,13H2,1-5H3,(H,29,30). The summed E-state index contributed by atoms with van der Waals surface area (Å²) in [5.41, 5.74) is 5.23. The first-order chi connectivity index (χ1) is 13.8. The molecule has 0 bridgehead atoms. The lowest BCUT2D eigenvalue weighted by molar-refractivity contribution is -0.137. The minimum Gasteiger partial charge on any atom is -0.378 e. The first kappa shape index (κ1) is 22.2. The molecule has 2 N–H and O–H groups in total. The van der Waals surface area contributed by atoms with E-state index in [1.165, 1.54) is 17.7 Å². The molecule has 0 radical (unpaired) electrons. The summed E-state index contributed by atoms with van der Waals surface area (Å²) in [6.07, 6.45) is -2.17. The van der Waals surface area contributed by atoms with Crippen LogP contribution in [0.25, 0.3) is 0 Å². The van der Waals surface area contributed by atoms with Crippen molar-refractivity contribution in [3.63, 3.8) is 0 Å². The molecule has 1 amide bonds. The van der Waals surface area contributed by atoms with Crippen molar-refractivity contribution in [1.82, 2.24) is 0 Å². The number of aryl methyl sites for hydroxylation is 1. The summed E-state index contributed by atoms with van der Waals surface area (Å²) in [7, 11) is 0. The van der Waals surface area contributed by atoms with E-state index in [4.69, 9.17) is 0 Å². The molecule has 0 saturated carbocycles. The molecule has 1 aliphatic carbocycles. The zero-order valence-corrected chi connectivity index (χ0v) is 18.1. The summed E-state index contributed by atoms with van der Waals surface area (Å²) < 4.78 is 38.3. The number of nitrogens with one attached hydrogen (secondary N) is 2. The normalized spacial score (nSPS) is 16.3. The van der Waals surface area contributed by atoms with Gasteiger partial charge in [-0.15, -0.1) is 0 Å². The van der Waals surface area contributed by atoms with Gasteiger partial charge >= 0.3 is 6.18 Å². The van der Waals surface area contributed by atoms with E-state index < -0.39 is 11.7 Å². The fourth-order valence-corrected chi connectivity index (χ4v) is 4.11. The second-order valence-electron chi connectivity index (χ2n) is 9.36. The van der Waals surface area contributed by atoms with Crippen LogP contribution in [0, 0.1) is 19.3 Å². The van der Waals surface area contributed by atoms with Crippen LogP contribution in [0.15, 0.2) is 30.3 Å². The van der Waals surface area contributed by atoms with Crippen molar-refractivity contribution in [1.29, 1.82) is 0 Å². The minimum atomic E-state index is -4.33. The second kappa shape index (κ2) is 7.97. The number of hydrogen-bond acceptors (Lipinski definition) is 2. The molecule has 162 valence electrons. The molecule has 3 nitrogen and oxygen atoms in total. The van der Waals surface area contributed by atoms with Crippen LogP contribution in [0.4, 0.5) is 24.5 Å². The van der Waals surface area contributed by atoms with Crippen LogP contribution < -0.4 is 10.6 Å². The van der Waals surface area contributed by atoms with Crippen LogP contribution in [0.1, 0.15) is 67.5 Å². The predicted octanol–water partition coefficient (Wildman–Crippen LogP) is 6.80. The van der Waals surface area contributed by atoms with Gasteiger partial charge in [0.2, 0.25) is 5.91 Å². The average Bonchev–Trinajstić information content (AvgIpc) is 2.99. The van der Waals surface area contributed by atoms with Crippen molar-refractivity contribution in [2.45, 2.75) is 66.1 Å². The zero-order valence-electron chi connectivity index (χ0n) is 18.1. The van der Waals surface area contributed by atoms with Crippen LogP contribution in [-0.4, -0.2) is 5.91 Å². The van der Waals surface area contributed by atoms with Crippen LogP contribution in [0.2, 0.25) is 0 Å². The number of anilines is 2. The van der Waals surface area contributed by atoms with Crippen LogP contribution in [0.5, 0.6) is 0 Å². The number of benzene rings is 2.